The zero-order chi connectivity index (χ0) is 19.7. The van der Waals surface area contributed by atoms with Crippen LogP contribution in [0.2, 0.25) is 5.02 Å². The van der Waals surface area contributed by atoms with E-state index in [1.807, 2.05) is 0 Å². The van der Waals surface area contributed by atoms with E-state index in [1.54, 1.807) is 24.3 Å². The third-order valence-corrected chi connectivity index (χ3v) is 4.95. The first-order valence-corrected chi connectivity index (χ1v) is 8.50. The highest BCUT2D eigenvalue weighted by Gasteiger charge is 2.42. The molecule has 0 saturated carbocycles. The number of carbonyl (C=O) groups excluding carboxylic acids is 1. The van der Waals surface area contributed by atoms with Crippen LogP contribution < -0.4 is 4.74 Å². The SMILES string of the molecule is COc1c(F)ccc(F)c1C(=O)N1C[C@@H](C(=O)O)[C@H](c2ccc(Cl)cc2)C1. The maximum Gasteiger partial charge on any atom is 0.308 e. The summed E-state index contributed by atoms with van der Waals surface area (Å²) in [6.07, 6.45) is 0. The van der Waals surface area contributed by atoms with Gasteiger partial charge in [-0.3, -0.25) is 9.59 Å². The zero-order valence-corrected chi connectivity index (χ0v) is 15.0. The van der Waals surface area contributed by atoms with Crippen molar-refractivity contribution in [3.05, 3.63) is 64.2 Å². The van der Waals surface area contributed by atoms with Gasteiger partial charge in [-0.25, -0.2) is 8.78 Å². The molecule has 2 atom stereocenters. The first-order chi connectivity index (χ1) is 12.8. The molecule has 0 aromatic heterocycles. The monoisotopic (exact) mass is 395 g/mol. The van der Waals surface area contributed by atoms with Gasteiger partial charge in [0, 0.05) is 24.0 Å². The summed E-state index contributed by atoms with van der Waals surface area (Å²) in [7, 11) is 1.13. The lowest BCUT2D eigenvalue weighted by Gasteiger charge is -2.19. The smallest absolute Gasteiger partial charge is 0.308 e. The highest BCUT2D eigenvalue weighted by atomic mass is 35.5. The minimum absolute atomic E-state index is 0.0521. The first kappa shape index (κ1) is 19.1. The molecule has 0 bridgehead atoms. The molecule has 1 N–H and O–H groups in total. The maximum absolute atomic E-state index is 14.2. The summed E-state index contributed by atoms with van der Waals surface area (Å²) in [6, 6.07) is 8.36. The van der Waals surface area contributed by atoms with Gasteiger partial charge in [-0.1, -0.05) is 23.7 Å². The van der Waals surface area contributed by atoms with E-state index in [1.165, 1.54) is 4.90 Å². The van der Waals surface area contributed by atoms with Gasteiger partial charge in [-0.15, -0.1) is 0 Å². The van der Waals surface area contributed by atoms with Crippen molar-refractivity contribution in [2.75, 3.05) is 20.2 Å². The molecule has 1 aliphatic rings. The van der Waals surface area contributed by atoms with Crippen molar-refractivity contribution >= 4 is 23.5 Å². The van der Waals surface area contributed by atoms with Gasteiger partial charge in [0.2, 0.25) is 0 Å². The van der Waals surface area contributed by atoms with Crippen molar-refractivity contribution in [1.29, 1.82) is 0 Å². The lowest BCUT2D eigenvalue weighted by atomic mass is 9.89. The van der Waals surface area contributed by atoms with Crippen molar-refractivity contribution < 1.29 is 28.2 Å². The van der Waals surface area contributed by atoms with E-state index in [0.29, 0.717) is 10.6 Å². The second-order valence-corrected chi connectivity index (χ2v) is 6.69. The Kier molecular flexibility index (Phi) is 5.32. The van der Waals surface area contributed by atoms with Gasteiger partial charge in [0.1, 0.15) is 11.4 Å². The largest absolute Gasteiger partial charge is 0.493 e. The van der Waals surface area contributed by atoms with E-state index in [4.69, 9.17) is 16.3 Å². The molecule has 142 valence electrons. The quantitative estimate of drug-likeness (QED) is 0.859. The Morgan fingerprint density at radius 2 is 1.74 bits per heavy atom. The number of carboxylic acids is 1. The molecule has 8 heteroatoms. The van der Waals surface area contributed by atoms with Crippen molar-refractivity contribution in [2.45, 2.75) is 5.92 Å². The Bertz CT molecular complexity index is 888. The molecular weight excluding hydrogens is 380 g/mol. The van der Waals surface area contributed by atoms with Crippen LogP contribution in [0, 0.1) is 17.6 Å². The van der Waals surface area contributed by atoms with Crippen molar-refractivity contribution in [3.8, 4) is 5.75 Å². The lowest BCUT2D eigenvalue weighted by molar-refractivity contribution is -0.141. The van der Waals surface area contributed by atoms with Crippen LogP contribution >= 0.6 is 11.6 Å². The summed E-state index contributed by atoms with van der Waals surface area (Å²) in [5.41, 5.74) is 0.159. The minimum atomic E-state index is -1.07. The van der Waals surface area contributed by atoms with Crippen molar-refractivity contribution in [3.63, 3.8) is 0 Å². The third-order valence-electron chi connectivity index (χ3n) is 4.70. The van der Waals surface area contributed by atoms with Gasteiger partial charge in [0.15, 0.2) is 11.6 Å². The molecule has 0 spiro atoms. The Morgan fingerprint density at radius 3 is 2.33 bits per heavy atom. The van der Waals surface area contributed by atoms with Gasteiger partial charge in [0.05, 0.1) is 13.0 Å². The van der Waals surface area contributed by atoms with Crippen LogP contribution in [0.1, 0.15) is 21.8 Å². The van der Waals surface area contributed by atoms with Crippen molar-refractivity contribution in [2.24, 2.45) is 5.92 Å². The number of hydrogen-bond donors (Lipinski definition) is 1. The number of ether oxygens (including phenoxy) is 1. The number of carbonyl (C=O) groups is 2. The average molecular weight is 396 g/mol. The van der Waals surface area contributed by atoms with Crippen LogP contribution in [0.5, 0.6) is 5.75 Å². The zero-order valence-electron chi connectivity index (χ0n) is 14.3. The lowest BCUT2D eigenvalue weighted by Crippen LogP contribution is -2.31. The Hall–Kier alpha value is -2.67. The van der Waals surface area contributed by atoms with Gasteiger partial charge >= 0.3 is 5.97 Å². The number of amides is 1. The molecule has 1 amide bonds. The van der Waals surface area contributed by atoms with E-state index in [9.17, 15) is 23.5 Å². The highest BCUT2D eigenvalue weighted by molar-refractivity contribution is 6.30. The molecule has 1 fully saturated rings. The van der Waals surface area contributed by atoms with Gasteiger partial charge in [0.25, 0.3) is 5.91 Å². The van der Waals surface area contributed by atoms with E-state index in [0.717, 1.165) is 19.2 Å². The molecule has 27 heavy (non-hydrogen) atoms. The number of nitrogens with zero attached hydrogens (tertiary/aromatic N) is 1. The highest BCUT2D eigenvalue weighted by Crippen LogP contribution is 2.36. The van der Waals surface area contributed by atoms with Gasteiger partial charge < -0.3 is 14.7 Å². The standard InChI is InChI=1S/C19H16ClF2NO4/c1-27-17-15(22)7-6-14(21)16(17)18(24)23-8-12(13(9-23)19(25)26)10-2-4-11(20)5-3-10/h2-7,12-13H,8-9H2,1H3,(H,25,26)/t12-,13+/m0/s1. The van der Waals surface area contributed by atoms with Crippen LogP contribution in [0.4, 0.5) is 8.78 Å². The first-order valence-electron chi connectivity index (χ1n) is 8.13. The normalized spacial score (nSPS) is 19.2. The minimum Gasteiger partial charge on any atom is -0.493 e. The van der Waals surface area contributed by atoms with E-state index in [-0.39, 0.29) is 13.1 Å². The predicted molar refractivity (Wildman–Crippen MR) is 94.1 cm³/mol. The topological polar surface area (TPSA) is 66.8 Å². The summed E-state index contributed by atoms with van der Waals surface area (Å²) >= 11 is 5.87. The summed E-state index contributed by atoms with van der Waals surface area (Å²) < 4.78 is 33.0. The molecule has 0 radical (unpaired) electrons. The van der Waals surface area contributed by atoms with Crippen LogP contribution in [0.25, 0.3) is 0 Å². The number of hydrogen-bond acceptors (Lipinski definition) is 3. The van der Waals surface area contributed by atoms with Crippen LogP contribution in [-0.4, -0.2) is 42.1 Å². The van der Waals surface area contributed by atoms with Gasteiger partial charge in [-0.2, -0.15) is 0 Å². The Balaban J connectivity index is 1.95. The third kappa shape index (κ3) is 3.60. The summed E-state index contributed by atoms with van der Waals surface area (Å²) in [5, 5.41) is 10.0. The second-order valence-electron chi connectivity index (χ2n) is 6.25. The van der Waals surface area contributed by atoms with E-state index >= 15 is 0 Å². The molecule has 0 unspecified atom stereocenters. The number of rotatable bonds is 4. The fraction of sp³-hybridized carbons (Fsp3) is 0.263. The predicted octanol–water partition coefficient (Wildman–Crippen LogP) is 3.57. The Morgan fingerprint density at radius 1 is 1.11 bits per heavy atom. The van der Waals surface area contributed by atoms with Crippen molar-refractivity contribution in [1.82, 2.24) is 4.90 Å². The molecule has 1 saturated heterocycles. The summed E-state index contributed by atoms with van der Waals surface area (Å²) in [5.74, 6) is -5.56. The molecule has 3 rings (SSSR count). The van der Waals surface area contributed by atoms with E-state index < -0.39 is 46.7 Å². The Labute approximate surface area is 159 Å². The molecule has 1 aliphatic heterocycles. The molecular formula is C19H16ClF2NO4. The number of likely N-dealkylation sites (tertiary alicyclic amines) is 1. The average Bonchev–Trinajstić information content (AvgIpc) is 3.09. The molecule has 5 nitrogen and oxygen atoms in total. The summed E-state index contributed by atoms with van der Waals surface area (Å²) in [4.78, 5) is 25.7. The number of aliphatic carboxylic acids is 1. The molecule has 0 aliphatic carbocycles. The van der Waals surface area contributed by atoms with Crippen LogP contribution in [0.3, 0.4) is 0 Å². The molecule has 2 aromatic rings. The molecule has 1 heterocycles. The van der Waals surface area contributed by atoms with E-state index in [2.05, 4.69) is 0 Å². The van der Waals surface area contributed by atoms with Crippen LogP contribution in [0.15, 0.2) is 36.4 Å². The second kappa shape index (κ2) is 7.52. The maximum atomic E-state index is 14.2. The molecule has 2 aromatic carbocycles. The summed E-state index contributed by atoms with van der Waals surface area (Å²) in [6.45, 7) is -0.0723. The number of halogens is 3. The van der Waals surface area contributed by atoms with Gasteiger partial charge in [-0.05, 0) is 29.8 Å². The number of carboxylic acid groups (broad SMARTS) is 1. The fourth-order valence-corrected chi connectivity index (χ4v) is 3.48. The van der Waals surface area contributed by atoms with Crippen LogP contribution in [-0.2, 0) is 4.79 Å². The number of benzene rings is 2. The fourth-order valence-electron chi connectivity index (χ4n) is 3.36. The number of methoxy groups -OCH3 is 1.